The van der Waals surface area contributed by atoms with Crippen LogP contribution in [-0.2, 0) is 11.2 Å². The molecule has 0 aliphatic rings. The van der Waals surface area contributed by atoms with Crippen molar-refractivity contribution in [2.75, 3.05) is 0 Å². The molecule has 0 aliphatic carbocycles. The minimum absolute atomic E-state index is 0.0531. The normalized spacial score (nSPS) is 10.1. The molecule has 2 nitrogen and oxygen atoms in total. The lowest BCUT2D eigenvalue weighted by Gasteiger charge is -2.04. The smallest absolute Gasteiger partial charge is 0.307 e. The topological polar surface area (TPSA) is 37.3 Å². The van der Waals surface area contributed by atoms with Gasteiger partial charge in [0.15, 0.2) is 0 Å². The maximum absolute atomic E-state index is 10.4. The van der Waals surface area contributed by atoms with Gasteiger partial charge in [0, 0.05) is 8.95 Å². The van der Waals surface area contributed by atoms with Gasteiger partial charge in [0.25, 0.3) is 0 Å². The van der Waals surface area contributed by atoms with Crippen molar-refractivity contribution in [2.24, 2.45) is 0 Å². The first-order valence-corrected chi connectivity index (χ1v) is 5.25. The Hall–Kier alpha value is -0.350. The van der Waals surface area contributed by atoms with Crippen LogP contribution in [0, 0.1) is 6.92 Å². The maximum atomic E-state index is 10.4. The van der Waals surface area contributed by atoms with Crippen molar-refractivity contribution in [3.05, 3.63) is 32.2 Å². The highest BCUT2D eigenvalue weighted by atomic mass is 79.9. The van der Waals surface area contributed by atoms with E-state index in [4.69, 9.17) is 5.11 Å². The summed E-state index contributed by atoms with van der Waals surface area (Å²) in [6.45, 7) is 1.96. The highest BCUT2D eigenvalue weighted by Crippen LogP contribution is 2.26. The molecule has 0 aromatic heterocycles. The molecule has 0 spiro atoms. The van der Waals surface area contributed by atoms with Crippen LogP contribution in [0.4, 0.5) is 0 Å². The van der Waals surface area contributed by atoms with E-state index in [2.05, 4.69) is 31.9 Å². The molecule has 0 unspecified atom stereocenters. The number of hydrogen-bond acceptors (Lipinski definition) is 1. The van der Waals surface area contributed by atoms with Crippen molar-refractivity contribution in [1.82, 2.24) is 0 Å². The zero-order valence-electron chi connectivity index (χ0n) is 6.97. The fourth-order valence-corrected chi connectivity index (χ4v) is 2.26. The Kier molecular flexibility index (Phi) is 3.50. The third-order valence-electron chi connectivity index (χ3n) is 1.70. The Bertz CT molecular complexity index is 324. The van der Waals surface area contributed by atoms with Crippen molar-refractivity contribution in [3.8, 4) is 0 Å². The van der Waals surface area contributed by atoms with Gasteiger partial charge < -0.3 is 5.11 Å². The molecule has 0 aliphatic heterocycles. The van der Waals surface area contributed by atoms with E-state index < -0.39 is 5.97 Å². The lowest BCUT2D eigenvalue weighted by atomic mass is 10.1. The molecule has 1 N–H and O–H groups in total. The van der Waals surface area contributed by atoms with Crippen molar-refractivity contribution in [2.45, 2.75) is 13.3 Å². The van der Waals surface area contributed by atoms with Crippen LogP contribution >= 0.6 is 31.9 Å². The number of halogens is 2. The molecule has 0 amide bonds. The summed E-state index contributed by atoms with van der Waals surface area (Å²) < 4.78 is 1.86. The molecule has 4 heteroatoms. The Balaban J connectivity index is 3.06. The van der Waals surface area contributed by atoms with Crippen LogP contribution in [0.1, 0.15) is 11.1 Å². The molecule has 0 radical (unpaired) electrons. The van der Waals surface area contributed by atoms with Crippen LogP contribution in [0.3, 0.4) is 0 Å². The fraction of sp³-hybridized carbons (Fsp3) is 0.222. The third kappa shape index (κ3) is 2.81. The Morgan fingerprint density at radius 1 is 1.38 bits per heavy atom. The summed E-state index contributed by atoms with van der Waals surface area (Å²) in [6.07, 6.45) is 0.0531. The molecule has 1 aromatic carbocycles. The van der Waals surface area contributed by atoms with E-state index in [1.807, 2.05) is 19.1 Å². The van der Waals surface area contributed by atoms with E-state index in [0.29, 0.717) is 0 Å². The zero-order valence-corrected chi connectivity index (χ0v) is 10.1. The first kappa shape index (κ1) is 10.7. The highest BCUT2D eigenvalue weighted by Gasteiger charge is 2.05. The average Bonchev–Trinajstić information content (AvgIpc) is 1.98. The molecule has 0 atom stereocenters. The Labute approximate surface area is 93.2 Å². The number of aliphatic carboxylic acids is 1. The van der Waals surface area contributed by atoms with E-state index in [0.717, 1.165) is 20.1 Å². The monoisotopic (exact) mass is 306 g/mol. The number of carbonyl (C=O) groups is 1. The van der Waals surface area contributed by atoms with Crippen molar-refractivity contribution in [1.29, 1.82) is 0 Å². The SMILES string of the molecule is Cc1c(Br)cc(CC(=O)O)cc1Br. The summed E-state index contributed by atoms with van der Waals surface area (Å²) in [5.74, 6) is -0.817. The Morgan fingerprint density at radius 2 is 1.85 bits per heavy atom. The molecule has 0 fully saturated rings. The van der Waals surface area contributed by atoms with E-state index in [9.17, 15) is 4.79 Å². The molecule has 1 aromatic rings. The van der Waals surface area contributed by atoms with Crippen LogP contribution in [-0.4, -0.2) is 11.1 Å². The Morgan fingerprint density at radius 3 is 2.23 bits per heavy atom. The van der Waals surface area contributed by atoms with Crippen LogP contribution in [0.2, 0.25) is 0 Å². The molecule has 0 bridgehead atoms. The van der Waals surface area contributed by atoms with Gasteiger partial charge >= 0.3 is 5.97 Å². The molecular formula is C9H8Br2O2. The van der Waals surface area contributed by atoms with Gasteiger partial charge in [-0.15, -0.1) is 0 Å². The molecule has 1 rings (SSSR count). The van der Waals surface area contributed by atoms with Crippen LogP contribution in [0.25, 0.3) is 0 Å². The van der Waals surface area contributed by atoms with E-state index >= 15 is 0 Å². The van der Waals surface area contributed by atoms with Crippen molar-refractivity contribution in [3.63, 3.8) is 0 Å². The van der Waals surface area contributed by atoms with E-state index in [1.54, 1.807) is 0 Å². The number of carboxylic acids is 1. The summed E-state index contributed by atoms with van der Waals surface area (Å²) in [5.41, 5.74) is 1.87. The molecule has 0 saturated heterocycles. The second kappa shape index (κ2) is 4.24. The molecule has 13 heavy (non-hydrogen) atoms. The van der Waals surface area contributed by atoms with Gasteiger partial charge in [-0.25, -0.2) is 0 Å². The van der Waals surface area contributed by atoms with Crippen molar-refractivity contribution >= 4 is 37.8 Å². The van der Waals surface area contributed by atoms with E-state index in [1.165, 1.54) is 0 Å². The highest BCUT2D eigenvalue weighted by molar-refractivity contribution is 9.11. The lowest BCUT2D eigenvalue weighted by Crippen LogP contribution is -2.00. The van der Waals surface area contributed by atoms with Gasteiger partial charge in [0.05, 0.1) is 6.42 Å². The molecule has 0 saturated carbocycles. The predicted molar refractivity (Wildman–Crippen MR) is 57.9 cm³/mol. The van der Waals surface area contributed by atoms with Gasteiger partial charge in [-0.2, -0.15) is 0 Å². The predicted octanol–water partition coefficient (Wildman–Crippen LogP) is 3.15. The number of hydrogen-bond donors (Lipinski definition) is 1. The molecule has 0 heterocycles. The summed E-state index contributed by atoms with van der Waals surface area (Å²) in [6, 6.07) is 3.66. The standard InChI is InChI=1S/C9H8Br2O2/c1-5-7(10)2-6(3-8(5)11)4-9(12)13/h2-3H,4H2,1H3,(H,12,13). The summed E-state index contributed by atoms with van der Waals surface area (Å²) in [7, 11) is 0. The van der Waals surface area contributed by atoms with Crippen molar-refractivity contribution < 1.29 is 9.90 Å². The van der Waals surface area contributed by atoms with E-state index in [-0.39, 0.29) is 6.42 Å². The van der Waals surface area contributed by atoms with Gasteiger partial charge in [-0.1, -0.05) is 31.9 Å². The summed E-state index contributed by atoms with van der Waals surface area (Å²) in [4.78, 5) is 10.4. The average molecular weight is 308 g/mol. The zero-order chi connectivity index (χ0) is 10.0. The molecular weight excluding hydrogens is 300 g/mol. The maximum Gasteiger partial charge on any atom is 0.307 e. The number of rotatable bonds is 2. The van der Waals surface area contributed by atoms with Gasteiger partial charge in [0.1, 0.15) is 0 Å². The fourth-order valence-electron chi connectivity index (χ4n) is 0.974. The van der Waals surface area contributed by atoms with Gasteiger partial charge in [-0.3, -0.25) is 4.79 Å². The summed E-state index contributed by atoms with van der Waals surface area (Å²) in [5, 5.41) is 8.59. The quantitative estimate of drug-likeness (QED) is 0.911. The minimum atomic E-state index is -0.817. The molecule has 70 valence electrons. The summed E-state index contributed by atoms with van der Waals surface area (Å²) >= 11 is 6.73. The van der Waals surface area contributed by atoms with Crippen LogP contribution in [0.15, 0.2) is 21.1 Å². The second-order valence-corrected chi connectivity index (χ2v) is 4.46. The first-order valence-electron chi connectivity index (χ1n) is 3.67. The van der Waals surface area contributed by atoms with Crippen LogP contribution in [0.5, 0.6) is 0 Å². The second-order valence-electron chi connectivity index (χ2n) is 2.75. The first-order chi connectivity index (χ1) is 6.00. The van der Waals surface area contributed by atoms with Gasteiger partial charge in [-0.05, 0) is 30.2 Å². The minimum Gasteiger partial charge on any atom is -0.481 e. The number of benzene rings is 1. The van der Waals surface area contributed by atoms with Crippen LogP contribution < -0.4 is 0 Å². The number of carboxylic acid groups (broad SMARTS) is 1. The van der Waals surface area contributed by atoms with Gasteiger partial charge in [0.2, 0.25) is 0 Å². The lowest BCUT2D eigenvalue weighted by molar-refractivity contribution is -0.136. The third-order valence-corrected chi connectivity index (χ3v) is 3.34. The largest absolute Gasteiger partial charge is 0.481 e.